The van der Waals surface area contributed by atoms with Gasteiger partial charge in [0.1, 0.15) is 0 Å². The summed E-state index contributed by atoms with van der Waals surface area (Å²) < 4.78 is 5.29. The smallest absolute Gasteiger partial charge is 0.339 e. The van der Waals surface area contributed by atoms with Crippen molar-refractivity contribution in [2.24, 2.45) is 0 Å². The maximum Gasteiger partial charge on any atom is 0.339 e. The van der Waals surface area contributed by atoms with E-state index in [1.165, 1.54) is 0 Å². The maximum atomic E-state index is 12.6. The van der Waals surface area contributed by atoms with Crippen LogP contribution in [0.5, 0.6) is 0 Å². The van der Waals surface area contributed by atoms with Gasteiger partial charge in [-0.25, -0.2) is 4.79 Å². The average molecular weight is 366 g/mol. The fourth-order valence-electron chi connectivity index (χ4n) is 2.88. The number of carbonyl (C=O) groups is 2. The summed E-state index contributed by atoms with van der Waals surface area (Å²) in [6.07, 6.45) is 2.18. The first kappa shape index (κ1) is 16.7. The molecule has 1 aromatic heterocycles. The Balaban J connectivity index is 1.56. The van der Waals surface area contributed by atoms with Crippen LogP contribution in [0.25, 0.3) is 10.9 Å². The minimum Gasteiger partial charge on any atom is -0.454 e. The summed E-state index contributed by atoms with van der Waals surface area (Å²) in [4.78, 5) is 29.5. The number of para-hydroxylation sites is 1. The Morgan fingerprint density at radius 3 is 2.54 bits per heavy atom. The van der Waals surface area contributed by atoms with Crippen LogP contribution in [-0.2, 0) is 4.74 Å². The van der Waals surface area contributed by atoms with Gasteiger partial charge in [-0.05, 0) is 49.2 Å². The second-order valence-corrected chi connectivity index (χ2v) is 6.83. The lowest BCUT2D eigenvalue weighted by Gasteiger charge is -2.09. The topological polar surface area (TPSA) is 56.3 Å². The van der Waals surface area contributed by atoms with Crippen LogP contribution in [0, 0.1) is 0 Å². The van der Waals surface area contributed by atoms with Gasteiger partial charge < -0.3 is 4.74 Å². The molecule has 0 radical (unpaired) electrons. The molecule has 0 atom stereocenters. The number of esters is 1. The molecule has 1 aliphatic carbocycles. The zero-order valence-electron chi connectivity index (χ0n) is 13.9. The predicted octanol–water partition coefficient (Wildman–Crippen LogP) is 4.81. The van der Waals surface area contributed by atoms with Gasteiger partial charge >= 0.3 is 5.97 Å². The number of hydrogen-bond donors (Lipinski definition) is 0. The number of aromatic nitrogens is 1. The number of nitrogens with zero attached hydrogens (tertiary/aromatic N) is 1. The highest BCUT2D eigenvalue weighted by Gasteiger charge is 2.27. The molecule has 4 nitrogen and oxygen atoms in total. The summed E-state index contributed by atoms with van der Waals surface area (Å²) in [6, 6.07) is 15.8. The molecule has 0 bridgehead atoms. The third-order valence-electron chi connectivity index (χ3n) is 4.45. The number of halogens is 1. The van der Waals surface area contributed by atoms with E-state index in [9.17, 15) is 9.59 Å². The third-order valence-corrected chi connectivity index (χ3v) is 4.70. The van der Waals surface area contributed by atoms with Crippen LogP contribution in [-0.4, -0.2) is 23.3 Å². The van der Waals surface area contributed by atoms with Crippen LogP contribution in [0.2, 0.25) is 5.02 Å². The number of carbonyl (C=O) groups excluding carboxylic acids is 2. The quantitative estimate of drug-likeness (QED) is 0.481. The third kappa shape index (κ3) is 3.46. The summed E-state index contributed by atoms with van der Waals surface area (Å²) in [5.41, 5.74) is 2.61. The molecule has 3 aromatic rings. The summed E-state index contributed by atoms with van der Waals surface area (Å²) in [5, 5.41) is 1.29. The number of rotatable bonds is 5. The summed E-state index contributed by atoms with van der Waals surface area (Å²) in [5.74, 6) is -0.356. The fraction of sp³-hybridized carbons (Fsp3) is 0.190. The molecule has 1 fully saturated rings. The number of ether oxygens (including phenoxy) is 1. The number of hydrogen-bond acceptors (Lipinski definition) is 4. The number of ketones is 1. The van der Waals surface area contributed by atoms with Gasteiger partial charge in [-0.1, -0.05) is 29.8 Å². The first-order chi connectivity index (χ1) is 12.6. The average Bonchev–Trinajstić information content (AvgIpc) is 3.51. The van der Waals surface area contributed by atoms with Crippen molar-refractivity contribution in [3.63, 3.8) is 0 Å². The molecule has 1 saturated carbocycles. The Morgan fingerprint density at radius 1 is 1.08 bits per heavy atom. The van der Waals surface area contributed by atoms with Crippen LogP contribution in [0.15, 0.2) is 54.6 Å². The lowest BCUT2D eigenvalue weighted by molar-refractivity contribution is 0.0476. The molecule has 1 aliphatic rings. The molecule has 26 heavy (non-hydrogen) atoms. The molecular formula is C21H16ClNO3. The van der Waals surface area contributed by atoms with Crippen molar-refractivity contribution in [3.8, 4) is 0 Å². The van der Waals surface area contributed by atoms with Gasteiger partial charge in [0.25, 0.3) is 0 Å². The highest BCUT2D eigenvalue weighted by Crippen LogP contribution is 2.40. The molecule has 0 spiro atoms. The molecule has 0 N–H and O–H groups in total. The second kappa shape index (κ2) is 6.89. The van der Waals surface area contributed by atoms with Crippen molar-refractivity contribution >= 4 is 34.3 Å². The highest BCUT2D eigenvalue weighted by molar-refractivity contribution is 6.30. The number of benzene rings is 2. The zero-order valence-corrected chi connectivity index (χ0v) is 14.7. The standard InChI is InChI=1S/C21H16ClNO3/c22-15-9-7-14(8-10-15)20(24)12-26-21(25)17-11-19(13-5-6-13)23-18-4-2-1-3-16(17)18/h1-4,7-11,13H,5-6,12H2. The first-order valence-electron chi connectivity index (χ1n) is 8.47. The normalized spacial score (nSPS) is 13.6. The Kier molecular flexibility index (Phi) is 4.43. The van der Waals surface area contributed by atoms with Crippen molar-refractivity contribution in [1.29, 1.82) is 0 Å². The lowest BCUT2D eigenvalue weighted by atomic mass is 10.1. The number of pyridine rings is 1. The van der Waals surface area contributed by atoms with Crippen LogP contribution in [0.1, 0.15) is 45.2 Å². The van der Waals surface area contributed by atoms with E-state index in [1.807, 2.05) is 24.3 Å². The second-order valence-electron chi connectivity index (χ2n) is 6.39. The number of Topliss-reactive ketones (excluding diaryl/α,β-unsaturated/α-hetero) is 1. The monoisotopic (exact) mass is 365 g/mol. The van der Waals surface area contributed by atoms with E-state index in [1.54, 1.807) is 30.3 Å². The highest BCUT2D eigenvalue weighted by atomic mass is 35.5. The molecule has 4 rings (SSSR count). The molecule has 1 heterocycles. The maximum absolute atomic E-state index is 12.6. The Bertz CT molecular complexity index is 994. The summed E-state index contributed by atoms with van der Waals surface area (Å²) >= 11 is 5.82. The SMILES string of the molecule is O=C(COC(=O)c1cc(C2CC2)nc2ccccc12)c1ccc(Cl)cc1. The van der Waals surface area contributed by atoms with Crippen LogP contribution < -0.4 is 0 Å². The Hall–Kier alpha value is -2.72. The van der Waals surface area contributed by atoms with E-state index in [0.717, 1.165) is 29.4 Å². The zero-order chi connectivity index (χ0) is 18.1. The molecule has 0 amide bonds. The summed E-state index contributed by atoms with van der Waals surface area (Å²) in [6.45, 7) is -0.310. The summed E-state index contributed by atoms with van der Waals surface area (Å²) in [7, 11) is 0. The molecule has 130 valence electrons. The van der Waals surface area contributed by atoms with Crippen molar-refractivity contribution in [1.82, 2.24) is 4.98 Å². The van der Waals surface area contributed by atoms with Crippen molar-refractivity contribution in [2.75, 3.05) is 6.61 Å². The van der Waals surface area contributed by atoms with Gasteiger partial charge in [0.2, 0.25) is 0 Å². The Morgan fingerprint density at radius 2 is 1.81 bits per heavy atom. The molecule has 5 heteroatoms. The largest absolute Gasteiger partial charge is 0.454 e. The Labute approximate surface area is 155 Å². The van der Waals surface area contributed by atoms with Crippen molar-refractivity contribution in [2.45, 2.75) is 18.8 Å². The van der Waals surface area contributed by atoms with E-state index >= 15 is 0 Å². The fourth-order valence-corrected chi connectivity index (χ4v) is 3.01. The molecular weight excluding hydrogens is 350 g/mol. The molecule has 0 saturated heterocycles. The molecule has 0 unspecified atom stereocenters. The number of fused-ring (bicyclic) bond motifs is 1. The van der Waals surface area contributed by atoms with Gasteiger partial charge in [0, 0.05) is 27.6 Å². The predicted molar refractivity (Wildman–Crippen MR) is 99.8 cm³/mol. The van der Waals surface area contributed by atoms with Crippen LogP contribution in [0.3, 0.4) is 0 Å². The van der Waals surface area contributed by atoms with E-state index in [0.29, 0.717) is 22.1 Å². The minimum absolute atomic E-state index is 0.268. The van der Waals surface area contributed by atoms with Gasteiger partial charge in [0.05, 0.1) is 11.1 Å². The van der Waals surface area contributed by atoms with E-state index in [2.05, 4.69) is 4.98 Å². The van der Waals surface area contributed by atoms with Crippen molar-refractivity contribution in [3.05, 3.63) is 76.4 Å². The van der Waals surface area contributed by atoms with E-state index in [-0.39, 0.29) is 12.4 Å². The van der Waals surface area contributed by atoms with Crippen molar-refractivity contribution < 1.29 is 14.3 Å². The van der Waals surface area contributed by atoms with Gasteiger partial charge in [-0.3, -0.25) is 9.78 Å². The van der Waals surface area contributed by atoms with Gasteiger partial charge in [-0.15, -0.1) is 0 Å². The van der Waals surface area contributed by atoms with E-state index < -0.39 is 5.97 Å². The molecule has 2 aromatic carbocycles. The first-order valence-corrected chi connectivity index (χ1v) is 8.85. The molecule has 0 aliphatic heterocycles. The van der Waals surface area contributed by atoms with Gasteiger partial charge in [-0.2, -0.15) is 0 Å². The van der Waals surface area contributed by atoms with Crippen LogP contribution in [0.4, 0.5) is 0 Å². The minimum atomic E-state index is -0.507. The van der Waals surface area contributed by atoms with Gasteiger partial charge in [0.15, 0.2) is 12.4 Å². The van der Waals surface area contributed by atoms with Crippen LogP contribution >= 0.6 is 11.6 Å². The van der Waals surface area contributed by atoms with E-state index in [4.69, 9.17) is 16.3 Å². The lowest BCUT2D eigenvalue weighted by Crippen LogP contribution is -2.15.